The van der Waals surface area contributed by atoms with Crippen molar-refractivity contribution >= 4 is 11.6 Å². The first kappa shape index (κ1) is 17.1. The molecule has 3 nitrogen and oxygen atoms in total. The Morgan fingerprint density at radius 3 is 2.65 bits per heavy atom. The third-order valence-electron chi connectivity index (χ3n) is 3.70. The Morgan fingerprint density at radius 2 is 1.91 bits per heavy atom. The topological polar surface area (TPSA) is 38.3 Å². The molecule has 0 atom stereocenters. The lowest BCUT2D eigenvalue weighted by Crippen LogP contribution is -2.13. The third-order valence-corrected chi connectivity index (χ3v) is 3.70. The molecule has 3 heteroatoms. The van der Waals surface area contributed by atoms with E-state index in [0.29, 0.717) is 18.1 Å². The second-order valence-electron chi connectivity index (χ2n) is 6.33. The van der Waals surface area contributed by atoms with Gasteiger partial charge in [0.25, 0.3) is 5.91 Å². The predicted octanol–water partition coefficient (Wildman–Crippen LogP) is 4.98. The van der Waals surface area contributed by atoms with Gasteiger partial charge < -0.3 is 10.1 Å². The van der Waals surface area contributed by atoms with Crippen molar-refractivity contribution in [2.24, 2.45) is 5.92 Å². The molecule has 0 aliphatic rings. The normalized spacial score (nSPS) is 10.7. The lowest BCUT2D eigenvalue weighted by molar-refractivity contribution is 0.102. The van der Waals surface area contributed by atoms with Gasteiger partial charge in [-0.15, -0.1) is 0 Å². The minimum atomic E-state index is -0.118. The van der Waals surface area contributed by atoms with Crippen LogP contribution in [0.1, 0.15) is 41.8 Å². The second-order valence-corrected chi connectivity index (χ2v) is 6.33. The van der Waals surface area contributed by atoms with Gasteiger partial charge in [-0.1, -0.05) is 32.0 Å². The van der Waals surface area contributed by atoms with Crippen LogP contribution < -0.4 is 10.1 Å². The summed E-state index contributed by atoms with van der Waals surface area (Å²) in [5.41, 5.74) is 3.62. The number of carbonyl (C=O) groups excluding carboxylic acids is 1. The van der Waals surface area contributed by atoms with E-state index >= 15 is 0 Å². The monoisotopic (exact) mass is 311 g/mol. The highest BCUT2D eigenvalue weighted by Gasteiger charge is 2.09. The van der Waals surface area contributed by atoms with E-state index in [0.717, 1.165) is 29.0 Å². The summed E-state index contributed by atoms with van der Waals surface area (Å²) in [5.74, 6) is 1.22. The number of hydrogen-bond acceptors (Lipinski definition) is 2. The molecule has 0 saturated carbocycles. The molecule has 23 heavy (non-hydrogen) atoms. The quantitative estimate of drug-likeness (QED) is 0.817. The van der Waals surface area contributed by atoms with Gasteiger partial charge in [0, 0.05) is 11.3 Å². The lowest BCUT2D eigenvalue weighted by atomic mass is 10.1. The Kier molecular flexibility index (Phi) is 5.80. The molecule has 0 heterocycles. The average Bonchev–Trinajstić information content (AvgIpc) is 2.51. The molecule has 0 aromatic heterocycles. The van der Waals surface area contributed by atoms with Gasteiger partial charge in [-0.3, -0.25) is 4.79 Å². The summed E-state index contributed by atoms with van der Waals surface area (Å²) in [7, 11) is 0. The first-order valence-electron chi connectivity index (χ1n) is 8.07. The standard InChI is InChI=1S/C20H25NO2/c1-14(2)10-11-23-18-7-5-6-17(13-18)20(22)21-19-12-15(3)8-9-16(19)4/h5-9,12-14H,10-11H2,1-4H3,(H,21,22). The van der Waals surface area contributed by atoms with Crippen molar-refractivity contribution < 1.29 is 9.53 Å². The second kappa shape index (κ2) is 7.82. The van der Waals surface area contributed by atoms with Crippen LogP contribution in [0, 0.1) is 19.8 Å². The van der Waals surface area contributed by atoms with Crippen LogP contribution in [0.3, 0.4) is 0 Å². The molecule has 2 aromatic carbocycles. The van der Waals surface area contributed by atoms with Crippen molar-refractivity contribution in [1.82, 2.24) is 0 Å². The molecule has 1 N–H and O–H groups in total. The minimum absolute atomic E-state index is 0.118. The fourth-order valence-corrected chi connectivity index (χ4v) is 2.20. The number of hydrogen-bond donors (Lipinski definition) is 1. The van der Waals surface area contributed by atoms with Gasteiger partial charge in [0.1, 0.15) is 5.75 Å². The van der Waals surface area contributed by atoms with E-state index in [9.17, 15) is 4.79 Å². The van der Waals surface area contributed by atoms with Crippen LogP contribution in [-0.2, 0) is 0 Å². The maximum absolute atomic E-state index is 12.4. The minimum Gasteiger partial charge on any atom is -0.494 e. The van der Waals surface area contributed by atoms with Gasteiger partial charge in [-0.05, 0) is 61.6 Å². The van der Waals surface area contributed by atoms with Crippen molar-refractivity contribution in [3.63, 3.8) is 0 Å². The molecule has 2 aromatic rings. The van der Waals surface area contributed by atoms with E-state index in [1.165, 1.54) is 0 Å². The van der Waals surface area contributed by atoms with E-state index in [4.69, 9.17) is 4.74 Å². The molecule has 0 aliphatic heterocycles. The predicted molar refractivity (Wildman–Crippen MR) is 95.3 cm³/mol. The zero-order valence-corrected chi connectivity index (χ0v) is 14.3. The van der Waals surface area contributed by atoms with Gasteiger partial charge >= 0.3 is 0 Å². The molecule has 0 spiro atoms. The Morgan fingerprint density at radius 1 is 1.13 bits per heavy atom. The Labute approximate surface area is 138 Å². The molecule has 0 unspecified atom stereocenters. The largest absolute Gasteiger partial charge is 0.494 e. The van der Waals surface area contributed by atoms with Crippen LogP contribution in [-0.4, -0.2) is 12.5 Å². The first-order chi connectivity index (χ1) is 11.0. The highest BCUT2D eigenvalue weighted by Crippen LogP contribution is 2.19. The van der Waals surface area contributed by atoms with Crippen LogP contribution in [0.15, 0.2) is 42.5 Å². The summed E-state index contributed by atoms with van der Waals surface area (Å²) in [6.45, 7) is 8.99. The highest BCUT2D eigenvalue weighted by molar-refractivity contribution is 6.04. The zero-order chi connectivity index (χ0) is 16.8. The summed E-state index contributed by atoms with van der Waals surface area (Å²) in [6, 6.07) is 13.4. The maximum atomic E-state index is 12.4. The van der Waals surface area contributed by atoms with Gasteiger partial charge in [0.2, 0.25) is 0 Å². The van der Waals surface area contributed by atoms with Crippen molar-refractivity contribution in [2.75, 3.05) is 11.9 Å². The first-order valence-corrected chi connectivity index (χ1v) is 8.07. The van der Waals surface area contributed by atoms with E-state index < -0.39 is 0 Å². The van der Waals surface area contributed by atoms with Gasteiger partial charge in [-0.2, -0.15) is 0 Å². The number of carbonyl (C=O) groups is 1. The molecular formula is C20H25NO2. The van der Waals surface area contributed by atoms with E-state index in [2.05, 4.69) is 19.2 Å². The van der Waals surface area contributed by atoms with Crippen molar-refractivity contribution in [2.45, 2.75) is 34.1 Å². The highest BCUT2D eigenvalue weighted by atomic mass is 16.5. The van der Waals surface area contributed by atoms with Gasteiger partial charge in [0.15, 0.2) is 0 Å². The summed E-state index contributed by atoms with van der Waals surface area (Å²) >= 11 is 0. The third kappa shape index (κ3) is 5.13. The SMILES string of the molecule is Cc1ccc(C)c(NC(=O)c2cccc(OCCC(C)C)c2)c1. The van der Waals surface area contributed by atoms with Gasteiger partial charge in [-0.25, -0.2) is 0 Å². The van der Waals surface area contributed by atoms with Crippen LogP contribution in [0.4, 0.5) is 5.69 Å². The van der Waals surface area contributed by atoms with Crippen LogP contribution in [0.2, 0.25) is 0 Å². The lowest BCUT2D eigenvalue weighted by Gasteiger charge is -2.11. The van der Waals surface area contributed by atoms with E-state index in [1.54, 1.807) is 12.1 Å². The number of anilines is 1. The molecule has 1 amide bonds. The smallest absolute Gasteiger partial charge is 0.255 e. The van der Waals surface area contributed by atoms with Gasteiger partial charge in [0.05, 0.1) is 6.61 Å². The number of benzene rings is 2. The molecule has 0 radical (unpaired) electrons. The number of aryl methyl sites for hydroxylation is 2. The molecule has 0 fully saturated rings. The van der Waals surface area contributed by atoms with Crippen molar-refractivity contribution in [3.05, 3.63) is 59.2 Å². The molecule has 122 valence electrons. The molecule has 2 rings (SSSR count). The fourth-order valence-electron chi connectivity index (χ4n) is 2.20. The average molecular weight is 311 g/mol. The van der Waals surface area contributed by atoms with Crippen LogP contribution >= 0.6 is 0 Å². The maximum Gasteiger partial charge on any atom is 0.255 e. The Hall–Kier alpha value is -2.29. The molecular weight excluding hydrogens is 286 g/mol. The number of amides is 1. The van der Waals surface area contributed by atoms with E-state index in [1.807, 2.05) is 44.2 Å². The van der Waals surface area contributed by atoms with Crippen molar-refractivity contribution in [3.8, 4) is 5.75 Å². The molecule has 0 bridgehead atoms. The van der Waals surface area contributed by atoms with Crippen LogP contribution in [0.25, 0.3) is 0 Å². The molecule has 0 saturated heterocycles. The Balaban J connectivity index is 2.06. The fraction of sp³-hybridized carbons (Fsp3) is 0.350. The number of ether oxygens (including phenoxy) is 1. The summed E-state index contributed by atoms with van der Waals surface area (Å²) in [6.07, 6.45) is 0.999. The summed E-state index contributed by atoms with van der Waals surface area (Å²) in [4.78, 5) is 12.4. The number of nitrogens with one attached hydrogen (secondary N) is 1. The molecule has 0 aliphatic carbocycles. The van der Waals surface area contributed by atoms with Crippen molar-refractivity contribution in [1.29, 1.82) is 0 Å². The summed E-state index contributed by atoms with van der Waals surface area (Å²) < 4.78 is 5.72. The number of rotatable bonds is 6. The zero-order valence-electron chi connectivity index (χ0n) is 14.3. The van der Waals surface area contributed by atoms with Crippen LogP contribution in [0.5, 0.6) is 5.75 Å². The summed E-state index contributed by atoms with van der Waals surface area (Å²) in [5, 5.41) is 2.97. The Bertz CT molecular complexity index is 677. The van der Waals surface area contributed by atoms with E-state index in [-0.39, 0.29) is 5.91 Å².